The Hall–Kier alpha value is -0.400. The Morgan fingerprint density at radius 1 is 1.21 bits per heavy atom. The standard InChI is InChI=1S/C21H33O7P/c1-9-11(22)7-21(26)10(2)16-19(5,17(24)15(23)14(9)18(21,3)4)12(28-29)6-13-20(16,25)8-27-13/h10-13,15-16,22-23,25-26H,6-8,29H2,1-5H3/t10-,11?,12?,13?,15?,16?,19+,20?,21?/m0/s1. The second kappa shape index (κ2) is 6.32. The largest absolute Gasteiger partial charge is 0.389 e. The minimum Gasteiger partial charge on any atom is -0.389 e. The van der Waals surface area contributed by atoms with Crippen molar-refractivity contribution in [2.24, 2.45) is 22.7 Å². The molecule has 4 N–H and O–H groups in total. The molecule has 0 amide bonds. The molecule has 0 aromatic heterocycles. The monoisotopic (exact) mass is 428 g/mol. The minimum atomic E-state index is -1.50. The van der Waals surface area contributed by atoms with E-state index in [1.807, 2.05) is 6.92 Å². The Morgan fingerprint density at radius 2 is 1.83 bits per heavy atom. The Kier molecular flexibility index (Phi) is 4.75. The molecule has 8 unspecified atom stereocenters. The van der Waals surface area contributed by atoms with Crippen molar-refractivity contribution in [3.05, 3.63) is 11.1 Å². The zero-order valence-electron chi connectivity index (χ0n) is 17.7. The third-order valence-corrected chi connectivity index (χ3v) is 9.34. The van der Waals surface area contributed by atoms with Gasteiger partial charge < -0.3 is 29.7 Å². The van der Waals surface area contributed by atoms with Crippen LogP contribution in [0, 0.1) is 22.7 Å². The molecule has 8 heteroatoms. The van der Waals surface area contributed by atoms with E-state index in [9.17, 15) is 25.2 Å². The quantitative estimate of drug-likeness (QED) is 0.360. The second-order valence-electron chi connectivity index (χ2n) is 10.3. The first-order valence-corrected chi connectivity index (χ1v) is 10.8. The van der Waals surface area contributed by atoms with Gasteiger partial charge >= 0.3 is 0 Å². The highest BCUT2D eigenvalue weighted by molar-refractivity contribution is 7.09. The number of aliphatic hydroxyl groups is 4. The predicted molar refractivity (Wildman–Crippen MR) is 108 cm³/mol. The summed E-state index contributed by atoms with van der Waals surface area (Å²) >= 11 is 0. The third kappa shape index (κ3) is 2.36. The molecule has 3 fully saturated rings. The summed E-state index contributed by atoms with van der Waals surface area (Å²) in [5.41, 5.74) is -4.08. The van der Waals surface area contributed by atoms with Gasteiger partial charge in [-0.1, -0.05) is 20.8 Å². The zero-order valence-corrected chi connectivity index (χ0v) is 18.8. The molecular formula is C21H33O7P. The van der Waals surface area contributed by atoms with Crippen LogP contribution in [0.1, 0.15) is 47.5 Å². The molecular weight excluding hydrogens is 395 g/mol. The molecule has 2 bridgehead atoms. The van der Waals surface area contributed by atoms with Crippen LogP contribution >= 0.6 is 9.47 Å². The molecule has 4 aliphatic rings. The van der Waals surface area contributed by atoms with Crippen molar-refractivity contribution in [1.82, 2.24) is 0 Å². The molecule has 2 saturated carbocycles. The summed E-state index contributed by atoms with van der Waals surface area (Å²) in [7, 11) is 2.20. The fourth-order valence-electron chi connectivity index (χ4n) is 7.18. The molecule has 7 nitrogen and oxygen atoms in total. The maximum Gasteiger partial charge on any atom is 0.174 e. The Morgan fingerprint density at radius 3 is 2.34 bits per heavy atom. The van der Waals surface area contributed by atoms with Crippen molar-refractivity contribution in [2.45, 2.75) is 83.1 Å². The van der Waals surface area contributed by atoms with Crippen LogP contribution < -0.4 is 0 Å². The first-order chi connectivity index (χ1) is 13.3. The SMILES string of the molecule is CC1=C2C(O)C(=O)[C@]3(C)C(OP)CC4OCC4(O)C3[C@H](C)C(O)(CC1O)C2(C)C. The van der Waals surface area contributed by atoms with E-state index in [1.54, 1.807) is 27.7 Å². The molecule has 1 aliphatic heterocycles. The van der Waals surface area contributed by atoms with Crippen molar-refractivity contribution in [2.75, 3.05) is 6.61 Å². The van der Waals surface area contributed by atoms with Crippen LogP contribution in [-0.2, 0) is 14.1 Å². The number of aliphatic hydroxyl groups excluding tert-OH is 2. The lowest BCUT2D eigenvalue weighted by Crippen LogP contribution is -2.78. The van der Waals surface area contributed by atoms with Crippen LogP contribution in [0.4, 0.5) is 0 Å². The Balaban J connectivity index is 2.02. The fraction of sp³-hybridized carbons (Fsp3) is 0.857. The number of rotatable bonds is 1. The van der Waals surface area contributed by atoms with E-state index in [1.165, 1.54) is 0 Å². The number of Topliss-reactive ketones (excluding diaryl/α,β-unsaturated/α-hetero) is 1. The van der Waals surface area contributed by atoms with Crippen LogP contribution in [0.3, 0.4) is 0 Å². The molecule has 0 spiro atoms. The number of hydrogen-bond donors (Lipinski definition) is 4. The lowest BCUT2D eigenvalue weighted by atomic mass is 9.43. The van der Waals surface area contributed by atoms with Gasteiger partial charge in [0.15, 0.2) is 5.78 Å². The van der Waals surface area contributed by atoms with Gasteiger partial charge in [0.1, 0.15) is 11.7 Å². The first-order valence-electron chi connectivity index (χ1n) is 10.3. The highest BCUT2D eigenvalue weighted by atomic mass is 31.0. The zero-order chi connectivity index (χ0) is 21.7. The van der Waals surface area contributed by atoms with E-state index in [0.717, 1.165) is 0 Å². The van der Waals surface area contributed by atoms with Gasteiger partial charge in [0.2, 0.25) is 0 Å². The molecule has 29 heavy (non-hydrogen) atoms. The summed E-state index contributed by atoms with van der Waals surface area (Å²) in [5, 5.41) is 45.6. The number of ketones is 1. The maximum atomic E-state index is 13.8. The topological polar surface area (TPSA) is 116 Å². The lowest BCUT2D eigenvalue weighted by molar-refractivity contribution is -0.333. The molecule has 1 saturated heterocycles. The maximum absolute atomic E-state index is 13.8. The van der Waals surface area contributed by atoms with E-state index in [2.05, 4.69) is 9.47 Å². The van der Waals surface area contributed by atoms with Crippen LogP contribution in [0.25, 0.3) is 0 Å². The number of carbonyl (C=O) groups excluding carboxylic acids is 1. The van der Waals surface area contributed by atoms with Crippen molar-refractivity contribution < 1.29 is 34.5 Å². The average molecular weight is 428 g/mol. The number of hydrogen-bond acceptors (Lipinski definition) is 7. The van der Waals surface area contributed by atoms with Gasteiger partial charge in [0, 0.05) is 33.6 Å². The van der Waals surface area contributed by atoms with E-state index >= 15 is 0 Å². The van der Waals surface area contributed by atoms with Crippen molar-refractivity contribution in [3.8, 4) is 0 Å². The van der Waals surface area contributed by atoms with Crippen LogP contribution in [-0.4, -0.2) is 68.4 Å². The Labute approximate surface area is 173 Å². The third-order valence-electron chi connectivity index (χ3n) is 9.01. The summed E-state index contributed by atoms with van der Waals surface area (Å²) in [6, 6.07) is 0. The number of fused-ring (bicyclic) bond motifs is 5. The van der Waals surface area contributed by atoms with Crippen molar-refractivity contribution in [3.63, 3.8) is 0 Å². The van der Waals surface area contributed by atoms with Crippen molar-refractivity contribution >= 4 is 15.2 Å². The van der Waals surface area contributed by atoms with E-state index in [-0.39, 0.29) is 13.0 Å². The molecule has 3 aliphatic carbocycles. The van der Waals surface area contributed by atoms with Crippen molar-refractivity contribution in [1.29, 1.82) is 0 Å². The summed E-state index contributed by atoms with van der Waals surface area (Å²) < 4.78 is 11.2. The summed E-state index contributed by atoms with van der Waals surface area (Å²) in [5.74, 6) is -1.73. The van der Waals surface area contributed by atoms with Gasteiger partial charge in [0.25, 0.3) is 0 Å². The predicted octanol–water partition coefficient (Wildman–Crippen LogP) is 0.736. The molecule has 4 rings (SSSR count). The number of ether oxygens (including phenoxy) is 1. The first kappa shape index (κ1) is 21.8. The number of carbonyl (C=O) groups is 1. The summed E-state index contributed by atoms with van der Waals surface area (Å²) in [6.45, 7) is 8.94. The lowest BCUT2D eigenvalue weighted by Gasteiger charge is -2.67. The van der Waals surface area contributed by atoms with Gasteiger partial charge in [-0.2, -0.15) is 0 Å². The van der Waals surface area contributed by atoms with Gasteiger partial charge in [0.05, 0.1) is 35.9 Å². The Bertz CT molecular complexity index is 781. The van der Waals surface area contributed by atoms with Crippen LogP contribution in [0.5, 0.6) is 0 Å². The summed E-state index contributed by atoms with van der Waals surface area (Å²) in [4.78, 5) is 13.8. The van der Waals surface area contributed by atoms with Gasteiger partial charge in [-0.25, -0.2) is 0 Å². The van der Waals surface area contributed by atoms with Gasteiger partial charge in [-0.15, -0.1) is 0 Å². The van der Waals surface area contributed by atoms with Crippen LogP contribution in [0.15, 0.2) is 11.1 Å². The average Bonchev–Trinajstić information content (AvgIpc) is 2.63. The van der Waals surface area contributed by atoms with E-state index in [4.69, 9.17) is 9.26 Å². The van der Waals surface area contributed by atoms with Gasteiger partial charge in [-0.3, -0.25) is 4.79 Å². The van der Waals surface area contributed by atoms with Crippen LogP contribution in [0.2, 0.25) is 0 Å². The molecule has 1 heterocycles. The highest BCUT2D eigenvalue weighted by Crippen LogP contribution is 2.64. The fourth-order valence-corrected chi connectivity index (χ4v) is 7.57. The molecule has 0 aromatic carbocycles. The molecule has 164 valence electrons. The second-order valence-corrected chi connectivity index (χ2v) is 10.6. The summed E-state index contributed by atoms with van der Waals surface area (Å²) in [6.07, 6.45) is -3.20. The van der Waals surface area contributed by atoms with E-state index < -0.39 is 64.1 Å². The minimum absolute atomic E-state index is 0.0655. The van der Waals surface area contributed by atoms with Gasteiger partial charge in [-0.05, 0) is 30.9 Å². The highest BCUT2D eigenvalue weighted by Gasteiger charge is 2.74. The van der Waals surface area contributed by atoms with E-state index in [0.29, 0.717) is 17.6 Å². The molecule has 10 atom stereocenters. The smallest absolute Gasteiger partial charge is 0.174 e. The normalized spacial score (nSPS) is 54.1. The molecule has 0 aromatic rings. The molecule has 0 radical (unpaired) electrons.